The normalized spacial score (nSPS) is 21.1. The fraction of sp³-hybridized carbons (Fsp3) is 0.667. The minimum Gasteiger partial charge on any atom is -0.357 e. The lowest BCUT2D eigenvalue weighted by Gasteiger charge is -2.31. The zero-order valence-corrected chi connectivity index (χ0v) is 17.4. The smallest absolute Gasteiger partial charge is 0.222 e. The standard InChI is InChI=1S/C21H34N6O/c1-4-20(28)27-12-9-18(15-27)25-21(22-3)24-14-17-5-6-19(23-13-17)26-10-7-16(2)8-11-26/h5-6,13,16,18H,4,7-12,14-15H2,1-3H3,(H2,22,24,25). The van der Waals surface area contributed by atoms with Crippen LogP contribution in [0.5, 0.6) is 0 Å². The van der Waals surface area contributed by atoms with E-state index in [4.69, 9.17) is 0 Å². The van der Waals surface area contributed by atoms with E-state index in [9.17, 15) is 4.79 Å². The molecule has 1 unspecified atom stereocenters. The summed E-state index contributed by atoms with van der Waals surface area (Å²) in [5, 5.41) is 6.79. The summed E-state index contributed by atoms with van der Waals surface area (Å²) in [6, 6.07) is 4.51. The van der Waals surface area contributed by atoms with Crippen LogP contribution in [0.3, 0.4) is 0 Å². The Balaban J connectivity index is 1.45. The summed E-state index contributed by atoms with van der Waals surface area (Å²) in [7, 11) is 1.78. The number of piperidine rings is 1. The fourth-order valence-electron chi connectivity index (χ4n) is 3.85. The molecule has 28 heavy (non-hydrogen) atoms. The molecule has 154 valence electrons. The average molecular weight is 387 g/mol. The zero-order valence-electron chi connectivity index (χ0n) is 17.4. The number of guanidine groups is 1. The van der Waals surface area contributed by atoms with Crippen LogP contribution < -0.4 is 15.5 Å². The van der Waals surface area contributed by atoms with Crippen molar-refractivity contribution in [3.8, 4) is 0 Å². The van der Waals surface area contributed by atoms with E-state index in [2.05, 4.69) is 44.6 Å². The average Bonchev–Trinajstić information content (AvgIpc) is 3.20. The molecule has 2 aliphatic heterocycles. The number of aromatic nitrogens is 1. The van der Waals surface area contributed by atoms with E-state index in [1.807, 2.05) is 18.0 Å². The second-order valence-corrected chi connectivity index (χ2v) is 7.94. The monoisotopic (exact) mass is 386 g/mol. The number of anilines is 1. The minimum atomic E-state index is 0.224. The van der Waals surface area contributed by atoms with Crippen molar-refractivity contribution in [1.82, 2.24) is 20.5 Å². The van der Waals surface area contributed by atoms with Gasteiger partial charge in [-0.15, -0.1) is 0 Å². The van der Waals surface area contributed by atoms with Gasteiger partial charge in [-0.25, -0.2) is 4.98 Å². The lowest BCUT2D eigenvalue weighted by Crippen LogP contribution is -2.44. The van der Waals surface area contributed by atoms with Crippen LogP contribution in [0.1, 0.15) is 45.1 Å². The molecule has 0 aliphatic carbocycles. The molecule has 7 nitrogen and oxygen atoms in total. The first kappa shape index (κ1) is 20.4. The lowest BCUT2D eigenvalue weighted by molar-refractivity contribution is -0.129. The first-order chi connectivity index (χ1) is 13.6. The fourth-order valence-corrected chi connectivity index (χ4v) is 3.85. The van der Waals surface area contributed by atoms with Gasteiger partial charge in [0.2, 0.25) is 5.91 Å². The van der Waals surface area contributed by atoms with Crippen molar-refractivity contribution in [2.75, 3.05) is 38.1 Å². The molecule has 1 aromatic heterocycles. The van der Waals surface area contributed by atoms with E-state index in [0.717, 1.165) is 55.9 Å². The van der Waals surface area contributed by atoms with E-state index in [0.29, 0.717) is 13.0 Å². The summed E-state index contributed by atoms with van der Waals surface area (Å²) < 4.78 is 0. The number of aliphatic imine (C=N–C) groups is 1. The van der Waals surface area contributed by atoms with E-state index in [1.54, 1.807) is 7.05 Å². The third-order valence-corrected chi connectivity index (χ3v) is 5.78. The number of nitrogens with one attached hydrogen (secondary N) is 2. The summed E-state index contributed by atoms with van der Waals surface area (Å²) in [6.45, 7) is 8.68. The first-order valence-electron chi connectivity index (χ1n) is 10.5. The van der Waals surface area contributed by atoms with Crippen molar-refractivity contribution in [2.24, 2.45) is 10.9 Å². The van der Waals surface area contributed by atoms with Gasteiger partial charge in [-0.05, 0) is 36.8 Å². The molecular weight excluding hydrogens is 352 g/mol. The van der Waals surface area contributed by atoms with E-state index in [-0.39, 0.29) is 11.9 Å². The molecule has 0 saturated carbocycles. The Morgan fingerprint density at radius 2 is 2.04 bits per heavy atom. The van der Waals surface area contributed by atoms with Gasteiger partial charge in [-0.2, -0.15) is 0 Å². The van der Waals surface area contributed by atoms with Crippen LogP contribution in [0.15, 0.2) is 23.3 Å². The van der Waals surface area contributed by atoms with E-state index < -0.39 is 0 Å². The summed E-state index contributed by atoms with van der Waals surface area (Å²) in [4.78, 5) is 25.1. The van der Waals surface area contributed by atoms with Crippen molar-refractivity contribution in [1.29, 1.82) is 0 Å². The minimum absolute atomic E-state index is 0.224. The van der Waals surface area contributed by atoms with Crippen molar-refractivity contribution in [3.05, 3.63) is 23.9 Å². The van der Waals surface area contributed by atoms with Crippen molar-refractivity contribution >= 4 is 17.7 Å². The highest BCUT2D eigenvalue weighted by Gasteiger charge is 2.25. The van der Waals surface area contributed by atoms with E-state index in [1.165, 1.54) is 12.8 Å². The van der Waals surface area contributed by atoms with Crippen LogP contribution in [-0.4, -0.2) is 61.0 Å². The molecule has 2 saturated heterocycles. The Morgan fingerprint density at radius 1 is 1.25 bits per heavy atom. The predicted molar refractivity (Wildman–Crippen MR) is 113 cm³/mol. The van der Waals surface area contributed by atoms with Gasteiger partial charge in [-0.1, -0.05) is 19.9 Å². The molecule has 3 rings (SSSR count). The topological polar surface area (TPSA) is 72.9 Å². The van der Waals surface area contributed by atoms with Gasteiger partial charge in [-0.3, -0.25) is 9.79 Å². The maximum absolute atomic E-state index is 11.8. The maximum atomic E-state index is 11.8. The van der Waals surface area contributed by atoms with Crippen molar-refractivity contribution < 1.29 is 4.79 Å². The van der Waals surface area contributed by atoms with Gasteiger partial charge in [0.25, 0.3) is 0 Å². The van der Waals surface area contributed by atoms with Gasteiger partial charge < -0.3 is 20.4 Å². The number of hydrogen-bond donors (Lipinski definition) is 2. The number of pyridine rings is 1. The lowest BCUT2D eigenvalue weighted by atomic mass is 9.99. The van der Waals surface area contributed by atoms with Crippen LogP contribution in [0.25, 0.3) is 0 Å². The second kappa shape index (κ2) is 9.75. The number of hydrogen-bond acceptors (Lipinski definition) is 4. The first-order valence-corrected chi connectivity index (χ1v) is 10.5. The van der Waals surface area contributed by atoms with Gasteiger partial charge in [0.05, 0.1) is 0 Å². The van der Waals surface area contributed by atoms with E-state index >= 15 is 0 Å². The molecule has 1 aromatic rings. The third kappa shape index (κ3) is 5.36. The molecule has 0 radical (unpaired) electrons. The van der Waals surface area contributed by atoms with Gasteiger partial charge in [0.15, 0.2) is 5.96 Å². The molecule has 1 amide bonds. The number of likely N-dealkylation sites (tertiary alicyclic amines) is 1. The molecule has 0 spiro atoms. The van der Waals surface area contributed by atoms with Gasteiger partial charge >= 0.3 is 0 Å². The Labute approximate surface area is 168 Å². The SMILES string of the molecule is CCC(=O)N1CCC(NC(=NC)NCc2ccc(N3CCC(C)CC3)nc2)C1. The third-order valence-electron chi connectivity index (χ3n) is 5.78. The number of nitrogens with zero attached hydrogens (tertiary/aromatic N) is 4. The Bertz CT molecular complexity index is 666. The highest BCUT2D eigenvalue weighted by Crippen LogP contribution is 2.21. The molecule has 2 aliphatic rings. The molecule has 2 fully saturated rings. The predicted octanol–water partition coefficient (Wildman–Crippen LogP) is 1.99. The van der Waals surface area contributed by atoms with Crippen LogP contribution in [0.2, 0.25) is 0 Å². The van der Waals surface area contributed by atoms with Crippen molar-refractivity contribution in [3.63, 3.8) is 0 Å². The summed E-state index contributed by atoms with van der Waals surface area (Å²) >= 11 is 0. The van der Waals surface area contributed by atoms with Gasteiger partial charge in [0.1, 0.15) is 5.82 Å². The largest absolute Gasteiger partial charge is 0.357 e. The Hall–Kier alpha value is -2.31. The highest BCUT2D eigenvalue weighted by atomic mass is 16.2. The second-order valence-electron chi connectivity index (χ2n) is 7.94. The molecule has 7 heteroatoms. The van der Waals surface area contributed by atoms with Crippen LogP contribution >= 0.6 is 0 Å². The molecule has 1 atom stereocenters. The molecule has 3 heterocycles. The maximum Gasteiger partial charge on any atom is 0.222 e. The van der Waals surface area contributed by atoms with Crippen LogP contribution in [0.4, 0.5) is 5.82 Å². The zero-order chi connectivity index (χ0) is 19.9. The highest BCUT2D eigenvalue weighted by molar-refractivity contribution is 5.80. The number of rotatable bonds is 5. The summed E-state index contributed by atoms with van der Waals surface area (Å²) in [5.74, 6) is 2.89. The number of carbonyl (C=O) groups excluding carboxylic acids is 1. The van der Waals surface area contributed by atoms with Crippen molar-refractivity contribution in [2.45, 2.75) is 52.1 Å². The van der Waals surface area contributed by atoms with Crippen LogP contribution in [-0.2, 0) is 11.3 Å². The molecular formula is C21H34N6O. The summed E-state index contributed by atoms with van der Waals surface area (Å²) in [6.07, 6.45) is 5.96. The Morgan fingerprint density at radius 3 is 2.68 bits per heavy atom. The summed E-state index contributed by atoms with van der Waals surface area (Å²) in [5.41, 5.74) is 1.13. The van der Waals surface area contributed by atoms with Gasteiger partial charge in [0, 0.05) is 58.4 Å². The quantitative estimate of drug-likeness (QED) is 0.598. The molecule has 0 bridgehead atoms. The Kier molecular flexibility index (Phi) is 7.12. The number of carbonyl (C=O) groups is 1. The number of amides is 1. The molecule has 2 N–H and O–H groups in total. The molecule has 0 aromatic carbocycles. The van der Waals surface area contributed by atoms with Crippen LogP contribution in [0, 0.1) is 5.92 Å².